The van der Waals surface area contributed by atoms with Gasteiger partial charge in [0.25, 0.3) is 5.91 Å². The van der Waals surface area contributed by atoms with Gasteiger partial charge in [0.1, 0.15) is 5.75 Å². The summed E-state index contributed by atoms with van der Waals surface area (Å²) in [6.07, 6.45) is 2.17. The van der Waals surface area contributed by atoms with E-state index in [1.54, 1.807) is 19.2 Å². The number of halogens is 1. The molecule has 0 saturated carbocycles. The minimum Gasteiger partial charge on any atom is -0.496 e. The second kappa shape index (κ2) is 6.26. The molecule has 0 radical (unpaired) electrons. The molecule has 2 rings (SSSR count). The number of rotatable bonds is 4. The lowest BCUT2D eigenvalue weighted by Gasteiger charge is -2.14. The van der Waals surface area contributed by atoms with E-state index in [1.807, 2.05) is 6.92 Å². The summed E-state index contributed by atoms with van der Waals surface area (Å²) in [5, 5.41) is 3.40. The molecule has 5 heteroatoms. The van der Waals surface area contributed by atoms with Crippen LogP contribution < -0.4 is 10.1 Å². The summed E-state index contributed by atoms with van der Waals surface area (Å²) in [7, 11) is 1.55. The number of methoxy groups -OCH3 is 1. The van der Waals surface area contributed by atoms with Crippen molar-refractivity contribution in [3.05, 3.63) is 28.3 Å². The first kappa shape index (κ1) is 14.2. The third-order valence-electron chi connectivity index (χ3n) is 3.20. The first-order valence-corrected chi connectivity index (χ1v) is 6.73. The van der Waals surface area contributed by atoms with Crippen LogP contribution in [-0.4, -0.2) is 32.3 Å². The van der Waals surface area contributed by atoms with E-state index in [4.69, 9.17) is 21.1 Å². The van der Waals surface area contributed by atoms with Gasteiger partial charge in [-0.3, -0.25) is 4.79 Å². The maximum Gasteiger partial charge on any atom is 0.255 e. The average molecular weight is 284 g/mol. The van der Waals surface area contributed by atoms with Gasteiger partial charge in [0.05, 0.1) is 18.8 Å². The number of carbonyl (C=O) groups is 1. The number of benzene rings is 1. The first-order chi connectivity index (χ1) is 9.11. The standard InChI is InChI=1S/C14H18ClNO3/c1-9-6-10(15)7-12(13(9)18-2)14(17)16-8-11-4-3-5-19-11/h6-7,11H,3-5,8H2,1-2H3,(H,16,17). The van der Waals surface area contributed by atoms with Crippen molar-refractivity contribution in [2.75, 3.05) is 20.3 Å². The Bertz CT molecular complexity index is 470. The average Bonchev–Trinajstić information content (AvgIpc) is 2.88. The van der Waals surface area contributed by atoms with Gasteiger partial charge in [-0.25, -0.2) is 0 Å². The minimum absolute atomic E-state index is 0.121. The highest BCUT2D eigenvalue weighted by molar-refractivity contribution is 6.31. The van der Waals surface area contributed by atoms with E-state index in [9.17, 15) is 4.79 Å². The quantitative estimate of drug-likeness (QED) is 0.924. The summed E-state index contributed by atoms with van der Waals surface area (Å²) >= 11 is 5.99. The van der Waals surface area contributed by atoms with Crippen LogP contribution in [0.4, 0.5) is 0 Å². The Balaban J connectivity index is 2.09. The Morgan fingerprint density at radius 3 is 3.00 bits per heavy atom. The lowest BCUT2D eigenvalue weighted by atomic mass is 10.1. The van der Waals surface area contributed by atoms with Crippen molar-refractivity contribution in [2.45, 2.75) is 25.9 Å². The Kier molecular flexibility index (Phi) is 4.66. The van der Waals surface area contributed by atoms with E-state index in [0.717, 1.165) is 25.0 Å². The zero-order chi connectivity index (χ0) is 13.8. The summed E-state index contributed by atoms with van der Waals surface area (Å²) in [6.45, 7) is 3.16. The number of ether oxygens (including phenoxy) is 2. The molecule has 104 valence electrons. The molecule has 1 aromatic rings. The monoisotopic (exact) mass is 283 g/mol. The van der Waals surface area contributed by atoms with E-state index in [1.165, 1.54) is 0 Å². The maximum absolute atomic E-state index is 12.2. The molecule has 1 saturated heterocycles. The van der Waals surface area contributed by atoms with Crippen LogP contribution in [0.25, 0.3) is 0 Å². The zero-order valence-electron chi connectivity index (χ0n) is 11.2. The number of hydrogen-bond donors (Lipinski definition) is 1. The third kappa shape index (κ3) is 3.39. The fourth-order valence-corrected chi connectivity index (χ4v) is 2.55. The molecule has 19 heavy (non-hydrogen) atoms. The van der Waals surface area contributed by atoms with Gasteiger partial charge in [-0.2, -0.15) is 0 Å². The SMILES string of the molecule is COc1c(C)cc(Cl)cc1C(=O)NCC1CCCO1. The van der Waals surface area contributed by atoms with Gasteiger partial charge in [0.15, 0.2) is 0 Å². The Morgan fingerprint density at radius 2 is 2.37 bits per heavy atom. The molecule has 1 aromatic carbocycles. The molecule has 1 N–H and O–H groups in total. The van der Waals surface area contributed by atoms with E-state index in [2.05, 4.69) is 5.32 Å². The number of nitrogens with one attached hydrogen (secondary N) is 1. The van der Waals surface area contributed by atoms with Crippen molar-refractivity contribution >= 4 is 17.5 Å². The van der Waals surface area contributed by atoms with E-state index < -0.39 is 0 Å². The van der Waals surface area contributed by atoms with Gasteiger partial charge in [-0.05, 0) is 37.5 Å². The fraction of sp³-hybridized carbons (Fsp3) is 0.500. The molecule has 0 aliphatic carbocycles. The summed E-state index contributed by atoms with van der Waals surface area (Å²) in [4.78, 5) is 12.2. The highest BCUT2D eigenvalue weighted by Gasteiger charge is 2.19. The molecule has 1 aliphatic rings. The van der Waals surface area contributed by atoms with Gasteiger partial charge in [-0.15, -0.1) is 0 Å². The Hall–Kier alpha value is -1.26. The topological polar surface area (TPSA) is 47.6 Å². The van der Waals surface area contributed by atoms with Crippen LogP contribution in [0, 0.1) is 6.92 Å². The molecule has 1 aliphatic heterocycles. The zero-order valence-corrected chi connectivity index (χ0v) is 11.9. The first-order valence-electron chi connectivity index (χ1n) is 6.35. The normalized spacial score (nSPS) is 18.4. The Morgan fingerprint density at radius 1 is 1.58 bits per heavy atom. The van der Waals surface area contributed by atoms with Gasteiger partial charge < -0.3 is 14.8 Å². The molecule has 0 bridgehead atoms. The highest BCUT2D eigenvalue weighted by atomic mass is 35.5. The molecule has 0 spiro atoms. The van der Waals surface area contributed by atoms with Crippen molar-refractivity contribution in [3.8, 4) is 5.75 Å². The van der Waals surface area contributed by atoms with Crippen molar-refractivity contribution in [1.29, 1.82) is 0 Å². The van der Waals surface area contributed by atoms with Gasteiger partial charge in [-0.1, -0.05) is 11.6 Å². The maximum atomic E-state index is 12.2. The highest BCUT2D eigenvalue weighted by Crippen LogP contribution is 2.27. The Labute approximate surface area is 118 Å². The second-order valence-corrected chi connectivity index (χ2v) is 5.08. The van der Waals surface area contributed by atoms with Crippen LogP contribution in [0.15, 0.2) is 12.1 Å². The molecule has 1 unspecified atom stereocenters. The van der Waals surface area contributed by atoms with Crippen LogP contribution in [0.1, 0.15) is 28.8 Å². The molecule has 1 fully saturated rings. The number of carbonyl (C=O) groups excluding carboxylic acids is 1. The van der Waals surface area contributed by atoms with Crippen LogP contribution >= 0.6 is 11.6 Å². The molecular weight excluding hydrogens is 266 g/mol. The van der Waals surface area contributed by atoms with Crippen LogP contribution in [-0.2, 0) is 4.74 Å². The van der Waals surface area contributed by atoms with Crippen LogP contribution in [0.2, 0.25) is 5.02 Å². The summed E-state index contributed by atoms with van der Waals surface area (Å²) in [5.41, 5.74) is 1.31. The molecule has 1 atom stereocenters. The van der Waals surface area contributed by atoms with Crippen LogP contribution in [0.5, 0.6) is 5.75 Å². The number of amides is 1. The molecule has 1 heterocycles. The lowest BCUT2D eigenvalue weighted by molar-refractivity contribution is 0.0855. The molecular formula is C14H18ClNO3. The van der Waals surface area contributed by atoms with Gasteiger partial charge in [0.2, 0.25) is 0 Å². The van der Waals surface area contributed by atoms with Crippen molar-refractivity contribution in [3.63, 3.8) is 0 Å². The van der Waals surface area contributed by atoms with Crippen molar-refractivity contribution in [2.24, 2.45) is 0 Å². The minimum atomic E-state index is -0.182. The van der Waals surface area contributed by atoms with Crippen molar-refractivity contribution < 1.29 is 14.3 Å². The third-order valence-corrected chi connectivity index (χ3v) is 3.42. The van der Waals surface area contributed by atoms with Crippen LogP contribution in [0.3, 0.4) is 0 Å². The van der Waals surface area contributed by atoms with E-state index >= 15 is 0 Å². The number of aryl methyl sites for hydroxylation is 1. The molecule has 0 aromatic heterocycles. The second-order valence-electron chi connectivity index (χ2n) is 4.65. The predicted molar refractivity (Wildman–Crippen MR) is 74.0 cm³/mol. The molecule has 4 nitrogen and oxygen atoms in total. The molecule has 1 amide bonds. The summed E-state index contributed by atoms with van der Waals surface area (Å²) < 4.78 is 10.7. The van der Waals surface area contributed by atoms with E-state index in [-0.39, 0.29) is 12.0 Å². The van der Waals surface area contributed by atoms with Gasteiger partial charge in [0, 0.05) is 18.2 Å². The van der Waals surface area contributed by atoms with Gasteiger partial charge >= 0.3 is 0 Å². The largest absolute Gasteiger partial charge is 0.496 e. The van der Waals surface area contributed by atoms with E-state index in [0.29, 0.717) is 22.9 Å². The summed E-state index contributed by atoms with van der Waals surface area (Å²) in [6, 6.07) is 3.40. The fourth-order valence-electron chi connectivity index (χ4n) is 2.28. The summed E-state index contributed by atoms with van der Waals surface area (Å²) in [5.74, 6) is 0.382. The number of hydrogen-bond acceptors (Lipinski definition) is 3. The predicted octanol–water partition coefficient (Wildman–Crippen LogP) is 2.57. The smallest absolute Gasteiger partial charge is 0.255 e. The lowest BCUT2D eigenvalue weighted by Crippen LogP contribution is -2.32. The van der Waals surface area contributed by atoms with Crippen molar-refractivity contribution in [1.82, 2.24) is 5.32 Å².